The average molecular weight is 221 g/mol. The first-order valence-corrected chi connectivity index (χ1v) is 5.31. The van der Waals surface area contributed by atoms with Gasteiger partial charge in [-0.15, -0.1) is 0 Å². The van der Waals surface area contributed by atoms with Crippen molar-refractivity contribution >= 4 is 5.97 Å². The molecular formula is C11H15N3O2. The molecule has 1 aliphatic carbocycles. The first-order valence-electron chi connectivity index (χ1n) is 5.31. The number of hydrogen-bond donors (Lipinski definition) is 1. The van der Waals surface area contributed by atoms with Gasteiger partial charge in [-0.2, -0.15) is 0 Å². The molecule has 0 radical (unpaired) electrons. The van der Waals surface area contributed by atoms with Crippen LogP contribution in [0.1, 0.15) is 40.6 Å². The topological polar surface area (TPSA) is 66.3 Å². The van der Waals surface area contributed by atoms with Crippen molar-refractivity contribution in [1.29, 1.82) is 0 Å². The van der Waals surface area contributed by atoms with Crippen molar-refractivity contribution in [2.24, 2.45) is 0 Å². The second kappa shape index (κ2) is 4.17. The Hall–Kier alpha value is -1.49. The summed E-state index contributed by atoms with van der Waals surface area (Å²) in [6.07, 6.45) is 3.51. The van der Waals surface area contributed by atoms with Crippen LogP contribution in [-0.4, -0.2) is 40.0 Å². The number of hydrogen-bond acceptors (Lipinski definition) is 4. The van der Waals surface area contributed by atoms with E-state index in [-0.39, 0.29) is 5.56 Å². The predicted octanol–water partition coefficient (Wildman–Crippen LogP) is 1.11. The second-order valence-electron chi connectivity index (χ2n) is 4.40. The van der Waals surface area contributed by atoms with Gasteiger partial charge < -0.3 is 10.0 Å². The maximum atomic E-state index is 11.0. The number of carboxylic acids is 1. The molecule has 1 N–H and O–H groups in total. The van der Waals surface area contributed by atoms with Crippen LogP contribution in [0.15, 0.2) is 6.20 Å². The number of carbonyl (C=O) groups is 1. The SMILES string of the molecule is CN(C)Cc1ncc(C(=O)O)c(C2CC2)n1. The summed E-state index contributed by atoms with van der Waals surface area (Å²) in [5, 5.41) is 9.02. The van der Waals surface area contributed by atoms with E-state index in [1.165, 1.54) is 6.20 Å². The summed E-state index contributed by atoms with van der Waals surface area (Å²) in [5.41, 5.74) is 0.962. The summed E-state index contributed by atoms with van der Waals surface area (Å²) in [7, 11) is 3.87. The van der Waals surface area contributed by atoms with Gasteiger partial charge >= 0.3 is 5.97 Å². The third-order valence-electron chi connectivity index (χ3n) is 2.52. The van der Waals surface area contributed by atoms with E-state index in [1.54, 1.807) is 0 Å². The zero-order chi connectivity index (χ0) is 11.7. The van der Waals surface area contributed by atoms with Gasteiger partial charge in [0.05, 0.1) is 17.8 Å². The molecular weight excluding hydrogens is 206 g/mol. The monoisotopic (exact) mass is 221 g/mol. The molecule has 1 aromatic rings. The number of aromatic nitrogens is 2. The van der Waals surface area contributed by atoms with Gasteiger partial charge in [0.25, 0.3) is 0 Å². The van der Waals surface area contributed by atoms with Crippen molar-refractivity contribution < 1.29 is 9.90 Å². The fourth-order valence-electron chi connectivity index (χ4n) is 1.63. The Kier molecular flexibility index (Phi) is 2.87. The highest BCUT2D eigenvalue weighted by Gasteiger charge is 2.30. The summed E-state index contributed by atoms with van der Waals surface area (Å²) < 4.78 is 0. The van der Waals surface area contributed by atoms with E-state index in [9.17, 15) is 4.79 Å². The Morgan fingerprint density at radius 1 is 1.56 bits per heavy atom. The van der Waals surface area contributed by atoms with Crippen LogP contribution in [0.4, 0.5) is 0 Å². The third kappa shape index (κ3) is 2.36. The molecule has 1 saturated carbocycles. The van der Waals surface area contributed by atoms with Crippen molar-refractivity contribution in [1.82, 2.24) is 14.9 Å². The lowest BCUT2D eigenvalue weighted by molar-refractivity contribution is 0.0694. The van der Waals surface area contributed by atoms with Crippen molar-refractivity contribution in [3.8, 4) is 0 Å². The average Bonchev–Trinajstić information content (AvgIpc) is 2.99. The van der Waals surface area contributed by atoms with Crippen LogP contribution in [0.2, 0.25) is 0 Å². The van der Waals surface area contributed by atoms with Gasteiger partial charge in [0, 0.05) is 12.1 Å². The fraction of sp³-hybridized carbons (Fsp3) is 0.545. The number of nitrogens with zero attached hydrogens (tertiary/aromatic N) is 3. The zero-order valence-corrected chi connectivity index (χ0v) is 9.47. The van der Waals surface area contributed by atoms with Gasteiger partial charge in [0.15, 0.2) is 0 Å². The normalized spacial score (nSPS) is 15.4. The quantitative estimate of drug-likeness (QED) is 0.825. The second-order valence-corrected chi connectivity index (χ2v) is 4.40. The van der Waals surface area contributed by atoms with Crippen molar-refractivity contribution in [2.45, 2.75) is 25.3 Å². The van der Waals surface area contributed by atoms with E-state index in [0.717, 1.165) is 12.8 Å². The van der Waals surface area contributed by atoms with Crippen LogP contribution < -0.4 is 0 Å². The van der Waals surface area contributed by atoms with E-state index >= 15 is 0 Å². The van der Waals surface area contributed by atoms with Gasteiger partial charge in [-0.05, 0) is 26.9 Å². The molecule has 16 heavy (non-hydrogen) atoms. The predicted molar refractivity (Wildman–Crippen MR) is 58.4 cm³/mol. The molecule has 0 atom stereocenters. The maximum absolute atomic E-state index is 11.0. The van der Waals surface area contributed by atoms with E-state index in [1.807, 2.05) is 19.0 Å². The minimum Gasteiger partial charge on any atom is -0.478 e. The Labute approximate surface area is 94.1 Å². The Balaban J connectivity index is 2.32. The molecule has 2 rings (SSSR count). The van der Waals surface area contributed by atoms with Gasteiger partial charge in [-0.1, -0.05) is 0 Å². The van der Waals surface area contributed by atoms with E-state index in [2.05, 4.69) is 9.97 Å². The molecule has 0 aromatic carbocycles. The highest BCUT2D eigenvalue weighted by atomic mass is 16.4. The fourth-order valence-corrected chi connectivity index (χ4v) is 1.63. The van der Waals surface area contributed by atoms with Crippen molar-refractivity contribution in [2.75, 3.05) is 14.1 Å². The van der Waals surface area contributed by atoms with Gasteiger partial charge in [0.2, 0.25) is 0 Å². The van der Waals surface area contributed by atoms with Crippen LogP contribution in [0, 0.1) is 0 Å². The molecule has 1 fully saturated rings. The molecule has 0 unspecified atom stereocenters. The molecule has 5 nitrogen and oxygen atoms in total. The van der Waals surface area contributed by atoms with Gasteiger partial charge in [0.1, 0.15) is 5.82 Å². The smallest absolute Gasteiger partial charge is 0.339 e. The van der Waals surface area contributed by atoms with Crippen molar-refractivity contribution in [3.05, 3.63) is 23.3 Å². The zero-order valence-electron chi connectivity index (χ0n) is 9.47. The summed E-state index contributed by atoms with van der Waals surface area (Å²) >= 11 is 0. The standard InChI is InChI=1S/C11H15N3O2/c1-14(2)6-9-12-5-8(11(15)16)10(13-9)7-3-4-7/h5,7H,3-4,6H2,1-2H3,(H,15,16). The summed E-state index contributed by atoms with van der Waals surface area (Å²) in [6.45, 7) is 0.639. The summed E-state index contributed by atoms with van der Waals surface area (Å²) in [5.74, 6) is 0.0882. The van der Waals surface area contributed by atoms with Gasteiger partial charge in [-0.3, -0.25) is 0 Å². The molecule has 0 aliphatic heterocycles. The molecule has 86 valence electrons. The Bertz CT molecular complexity index is 414. The van der Waals surface area contributed by atoms with Crippen LogP contribution in [0.25, 0.3) is 0 Å². The first-order chi connectivity index (χ1) is 7.58. The Morgan fingerprint density at radius 3 is 2.75 bits per heavy atom. The van der Waals surface area contributed by atoms with Crippen LogP contribution in [0.3, 0.4) is 0 Å². The number of carboxylic acid groups (broad SMARTS) is 1. The molecule has 0 saturated heterocycles. The van der Waals surface area contributed by atoms with E-state index < -0.39 is 5.97 Å². The van der Waals surface area contributed by atoms with Gasteiger partial charge in [-0.25, -0.2) is 14.8 Å². The van der Waals surface area contributed by atoms with Crippen LogP contribution in [0.5, 0.6) is 0 Å². The third-order valence-corrected chi connectivity index (χ3v) is 2.52. The van der Waals surface area contributed by atoms with Crippen LogP contribution in [-0.2, 0) is 6.54 Å². The molecule has 0 amide bonds. The molecule has 0 bridgehead atoms. The van der Waals surface area contributed by atoms with Crippen molar-refractivity contribution in [3.63, 3.8) is 0 Å². The minimum absolute atomic E-state index is 0.255. The molecule has 1 aromatic heterocycles. The lowest BCUT2D eigenvalue weighted by Gasteiger charge is -2.10. The Morgan fingerprint density at radius 2 is 2.25 bits per heavy atom. The number of aromatic carboxylic acids is 1. The van der Waals surface area contributed by atoms with E-state index in [4.69, 9.17) is 5.11 Å². The largest absolute Gasteiger partial charge is 0.478 e. The minimum atomic E-state index is -0.932. The highest BCUT2D eigenvalue weighted by Crippen LogP contribution is 2.40. The lowest BCUT2D eigenvalue weighted by Crippen LogP contribution is -2.15. The summed E-state index contributed by atoms with van der Waals surface area (Å²) in [6, 6.07) is 0. The van der Waals surface area contributed by atoms with E-state index in [0.29, 0.717) is 24.0 Å². The number of rotatable bonds is 4. The molecule has 0 spiro atoms. The molecule has 1 heterocycles. The highest BCUT2D eigenvalue weighted by molar-refractivity contribution is 5.88. The summed E-state index contributed by atoms with van der Waals surface area (Å²) in [4.78, 5) is 21.4. The maximum Gasteiger partial charge on any atom is 0.339 e. The lowest BCUT2D eigenvalue weighted by atomic mass is 10.1. The van der Waals surface area contributed by atoms with Crippen LogP contribution >= 0.6 is 0 Å². The molecule has 5 heteroatoms. The molecule has 1 aliphatic rings. The first kappa shape index (κ1) is 11.0.